The summed E-state index contributed by atoms with van der Waals surface area (Å²) in [7, 11) is 1.30. The molecule has 0 bridgehead atoms. The molecule has 1 aliphatic rings. The first-order valence-electron chi connectivity index (χ1n) is 8.51. The maximum atomic E-state index is 13.5. The van der Waals surface area contributed by atoms with Crippen LogP contribution in [0.5, 0.6) is 0 Å². The highest BCUT2D eigenvalue weighted by Crippen LogP contribution is 2.36. The smallest absolute Gasteiger partial charge is 0.352 e. The van der Waals surface area contributed by atoms with Crippen LogP contribution in [0.4, 0.5) is 13.2 Å². The minimum Gasteiger partial charge on any atom is -0.352 e. The van der Waals surface area contributed by atoms with Gasteiger partial charge in [-0.1, -0.05) is 0 Å². The Balaban J connectivity index is 3.49. The second-order valence-electron chi connectivity index (χ2n) is 6.19. The quantitative estimate of drug-likeness (QED) is 0.372. The van der Waals surface area contributed by atoms with Crippen LogP contribution in [-0.2, 0) is 19.2 Å². The molecule has 0 heterocycles. The number of amides is 4. The van der Waals surface area contributed by atoms with Gasteiger partial charge in [0.2, 0.25) is 18.2 Å². The van der Waals surface area contributed by atoms with E-state index in [1.807, 2.05) is 0 Å². The molecule has 162 valence electrons. The van der Waals surface area contributed by atoms with Gasteiger partial charge in [-0.2, -0.15) is 17.6 Å². The number of nitrogens with zero attached hydrogens (tertiary/aromatic N) is 2. The van der Waals surface area contributed by atoms with Crippen LogP contribution in [0, 0.1) is 0 Å². The van der Waals surface area contributed by atoms with E-state index in [2.05, 4.69) is 10.6 Å². The van der Waals surface area contributed by atoms with Gasteiger partial charge in [-0.3, -0.25) is 19.2 Å². The van der Waals surface area contributed by atoms with Crippen LogP contribution >= 0.6 is 11.9 Å². The van der Waals surface area contributed by atoms with Gasteiger partial charge in [0.25, 0.3) is 5.91 Å². The lowest BCUT2D eigenvalue weighted by Crippen LogP contribution is -2.46. The van der Waals surface area contributed by atoms with Crippen molar-refractivity contribution < 1.29 is 32.3 Å². The zero-order valence-electron chi connectivity index (χ0n) is 16.4. The molecule has 0 radical (unpaired) electrons. The Morgan fingerprint density at radius 3 is 2.38 bits per heavy atom. The van der Waals surface area contributed by atoms with Crippen molar-refractivity contribution in [1.29, 1.82) is 0 Å². The van der Waals surface area contributed by atoms with Gasteiger partial charge in [-0.15, -0.1) is 0 Å². The zero-order valence-corrected chi connectivity index (χ0v) is 17.2. The zero-order chi connectivity index (χ0) is 22.4. The number of halogens is 3. The summed E-state index contributed by atoms with van der Waals surface area (Å²) in [5, 5.41) is 5.64. The molecule has 0 spiro atoms. The van der Waals surface area contributed by atoms with Gasteiger partial charge in [0.05, 0.1) is 6.04 Å². The standard InChI is InChI=1S/C17H23F3N4O4S/c1-10(26)21-8-12-7-13(16(28)23(3)24(29-4)11(2)27)15(22-9-25)6-5-14(12)17(18,19)20/h7,9,15H,5-6,8H2,1-4H3,(H,21,26)(H,22,25). The average molecular weight is 436 g/mol. The van der Waals surface area contributed by atoms with E-state index in [4.69, 9.17) is 0 Å². The summed E-state index contributed by atoms with van der Waals surface area (Å²) >= 11 is 0.941. The van der Waals surface area contributed by atoms with Crippen LogP contribution in [0.3, 0.4) is 0 Å². The summed E-state index contributed by atoms with van der Waals surface area (Å²) in [5.74, 6) is -1.75. The van der Waals surface area contributed by atoms with Crippen LogP contribution in [0.25, 0.3) is 0 Å². The highest BCUT2D eigenvalue weighted by atomic mass is 32.2. The molecule has 0 fully saturated rings. The first-order chi connectivity index (χ1) is 13.4. The number of alkyl halides is 3. The maximum Gasteiger partial charge on any atom is 0.413 e. The Kier molecular flexibility index (Phi) is 8.74. The van der Waals surface area contributed by atoms with Gasteiger partial charge in [-0.05, 0) is 36.4 Å². The van der Waals surface area contributed by atoms with Crippen LogP contribution in [0.2, 0.25) is 0 Å². The number of carbonyl (C=O) groups excluding carboxylic acids is 4. The third kappa shape index (κ3) is 6.51. The first kappa shape index (κ1) is 24.5. The fourth-order valence-corrected chi connectivity index (χ4v) is 3.46. The van der Waals surface area contributed by atoms with Crippen LogP contribution < -0.4 is 10.6 Å². The predicted molar refractivity (Wildman–Crippen MR) is 101 cm³/mol. The topological polar surface area (TPSA) is 98.8 Å². The molecule has 8 nitrogen and oxygen atoms in total. The Morgan fingerprint density at radius 2 is 1.93 bits per heavy atom. The molecule has 1 aliphatic carbocycles. The van der Waals surface area contributed by atoms with Crippen LogP contribution in [0.1, 0.15) is 26.7 Å². The summed E-state index contributed by atoms with van der Waals surface area (Å²) in [5.41, 5.74) is -1.29. The molecule has 29 heavy (non-hydrogen) atoms. The number of hydrogen-bond donors (Lipinski definition) is 2. The number of likely N-dealkylation sites (N-methyl/N-ethyl adjacent to an activating group) is 1. The summed E-state index contributed by atoms with van der Waals surface area (Å²) in [6, 6.07) is -0.995. The van der Waals surface area contributed by atoms with Crippen molar-refractivity contribution in [3.05, 3.63) is 22.8 Å². The lowest BCUT2D eigenvalue weighted by Gasteiger charge is -2.30. The fraction of sp³-hybridized carbons (Fsp3) is 0.529. The molecule has 1 rings (SSSR count). The van der Waals surface area contributed by atoms with Gasteiger partial charge in [0, 0.05) is 44.8 Å². The molecule has 0 saturated heterocycles. The number of carbonyl (C=O) groups is 4. The van der Waals surface area contributed by atoms with E-state index in [9.17, 15) is 32.3 Å². The number of allylic oxidation sites excluding steroid dienone is 1. The van der Waals surface area contributed by atoms with Crippen molar-refractivity contribution in [3.8, 4) is 0 Å². The minimum atomic E-state index is -4.68. The van der Waals surface area contributed by atoms with E-state index in [1.165, 1.54) is 14.0 Å². The number of nitrogens with one attached hydrogen (secondary N) is 2. The van der Waals surface area contributed by atoms with Crippen molar-refractivity contribution in [2.45, 2.75) is 38.9 Å². The monoisotopic (exact) mass is 436 g/mol. The summed E-state index contributed by atoms with van der Waals surface area (Å²) in [4.78, 5) is 46.9. The molecular weight excluding hydrogens is 413 g/mol. The largest absolute Gasteiger partial charge is 0.413 e. The third-order valence-corrected chi connectivity index (χ3v) is 5.02. The predicted octanol–water partition coefficient (Wildman–Crippen LogP) is 1.32. The van der Waals surface area contributed by atoms with Gasteiger partial charge in [-0.25, -0.2) is 5.01 Å². The normalized spacial score (nSPS) is 17.1. The van der Waals surface area contributed by atoms with Crippen molar-refractivity contribution in [1.82, 2.24) is 20.1 Å². The van der Waals surface area contributed by atoms with Gasteiger partial charge < -0.3 is 10.6 Å². The Labute approximate surface area is 170 Å². The lowest BCUT2D eigenvalue weighted by atomic mass is 10.0. The molecule has 0 aliphatic heterocycles. The van der Waals surface area contributed by atoms with E-state index in [0.717, 1.165) is 34.4 Å². The fourth-order valence-electron chi connectivity index (χ4n) is 2.88. The maximum absolute atomic E-state index is 13.5. The highest BCUT2D eigenvalue weighted by Gasteiger charge is 2.39. The Bertz CT molecular complexity index is 737. The first-order valence-corrected chi connectivity index (χ1v) is 9.69. The van der Waals surface area contributed by atoms with Crippen molar-refractivity contribution in [3.63, 3.8) is 0 Å². The molecule has 1 atom stereocenters. The Hall–Kier alpha value is -2.50. The molecule has 0 aromatic rings. The number of rotatable bonds is 6. The third-order valence-electron chi connectivity index (χ3n) is 4.17. The van der Waals surface area contributed by atoms with Crippen molar-refractivity contribution in [2.75, 3.05) is 19.8 Å². The van der Waals surface area contributed by atoms with E-state index in [0.29, 0.717) is 6.41 Å². The van der Waals surface area contributed by atoms with Crippen LogP contribution in [0.15, 0.2) is 22.8 Å². The molecule has 0 aromatic heterocycles. The SMILES string of the molecule is CSN(C(C)=O)N(C)C(=O)C1=CC(CNC(C)=O)=C(C(F)(F)F)CCC1NC=O. The Morgan fingerprint density at radius 1 is 1.31 bits per heavy atom. The summed E-state index contributed by atoms with van der Waals surface area (Å²) in [6.07, 6.45) is -2.43. The molecule has 4 amide bonds. The summed E-state index contributed by atoms with van der Waals surface area (Å²) < 4.78 is 41.7. The summed E-state index contributed by atoms with van der Waals surface area (Å²) in [6.45, 7) is 1.96. The molecule has 0 saturated carbocycles. The molecule has 2 N–H and O–H groups in total. The number of hydrogen-bond acceptors (Lipinski definition) is 5. The minimum absolute atomic E-state index is 0.125. The van der Waals surface area contributed by atoms with E-state index in [1.54, 1.807) is 6.26 Å². The van der Waals surface area contributed by atoms with E-state index >= 15 is 0 Å². The lowest BCUT2D eigenvalue weighted by molar-refractivity contribution is -0.146. The van der Waals surface area contributed by atoms with E-state index in [-0.39, 0.29) is 17.6 Å². The van der Waals surface area contributed by atoms with Crippen molar-refractivity contribution >= 4 is 36.1 Å². The molecular formula is C17H23F3N4O4S. The number of hydrazine groups is 1. The highest BCUT2D eigenvalue weighted by molar-refractivity contribution is 7.96. The second-order valence-corrected chi connectivity index (χ2v) is 6.90. The van der Waals surface area contributed by atoms with Gasteiger partial charge in [0.1, 0.15) is 0 Å². The molecule has 12 heteroatoms. The average Bonchev–Trinajstić information content (AvgIpc) is 2.79. The molecule has 1 unspecified atom stereocenters. The second kappa shape index (κ2) is 10.3. The van der Waals surface area contributed by atoms with Crippen molar-refractivity contribution in [2.24, 2.45) is 0 Å². The molecule has 0 aromatic carbocycles. The van der Waals surface area contributed by atoms with Crippen LogP contribution in [-0.4, -0.2) is 65.6 Å². The van der Waals surface area contributed by atoms with E-state index < -0.39 is 48.5 Å². The van der Waals surface area contributed by atoms with Gasteiger partial charge >= 0.3 is 6.18 Å². The van der Waals surface area contributed by atoms with Gasteiger partial charge in [0.15, 0.2) is 0 Å².